The van der Waals surface area contributed by atoms with Crippen molar-refractivity contribution in [3.63, 3.8) is 0 Å². The van der Waals surface area contributed by atoms with Crippen molar-refractivity contribution in [3.8, 4) is 5.69 Å². The summed E-state index contributed by atoms with van der Waals surface area (Å²) in [6.45, 7) is 5.51. The van der Waals surface area contributed by atoms with Crippen LogP contribution in [0.2, 0.25) is 0 Å². The van der Waals surface area contributed by atoms with Crippen molar-refractivity contribution >= 4 is 11.9 Å². The van der Waals surface area contributed by atoms with Crippen LogP contribution in [-0.2, 0) is 17.6 Å². The number of carboxylic acid groups (broad SMARTS) is 1. The summed E-state index contributed by atoms with van der Waals surface area (Å²) in [7, 11) is 0. The van der Waals surface area contributed by atoms with E-state index in [1.54, 1.807) is 0 Å². The van der Waals surface area contributed by atoms with Gasteiger partial charge >= 0.3 is 5.97 Å². The summed E-state index contributed by atoms with van der Waals surface area (Å²) in [6, 6.07) is 5.18. The van der Waals surface area contributed by atoms with Crippen molar-refractivity contribution in [2.45, 2.75) is 46.1 Å². The lowest BCUT2D eigenvalue weighted by molar-refractivity contribution is -0.138. The molecular weight excluding hydrogens is 306 g/mol. The second-order valence-electron chi connectivity index (χ2n) is 6.36. The molecule has 1 amide bonds. The summed E-state index contributed by atoms with van der Waals surface area (Å²) >= 11 is 0. The molecule has 6 nitrogen and oxygen atoms in total. The number of rotatable bonds is 4. The number of carboxylic acids is 1. The number of benzene rings is 1. The number of carbonyl (C=O) groups excluding carboxylic acids is 1. The lowest BCUT2D eigenvalue weighted by atomic mass is 10.1. The quantitative estimate of drug-likeness (QED) is 0.901. The van der Waals surface area contributed by atoms with Gasteiger partial charge in [0.25, 0.3) is 5.91 Å². The fraction of sp³-hybridized carbons (Fsp3) is 0.389. The molecule has 0 saturated carbocycles. The van der Waals surface area contributed by atoms with Gasteiger partial charge in [0.2, 0.25) is 0 Å². The molecular formula is C18H21N3O3. The Labute approximate surface area is 140 Å². The van der Waals surface area contributed by atoms with Gasteiger partial charge in [-0.3, -0.25) is 9.59 Å². The zero-order chi connectivity index (χ0) is 17.4. The van der Waals surface area contributed by atoms with Crippen LogP contribution in [0.15, 0.2) is 18.2 Å². The standard InChI is InChI=1S/C18H21N3O3/c1-10-7-8-14(11(2)9-10)21-15-6-4-5-13(15)16(20-21)17(22)19-12(3)18(23)24/h7-9,12H,4-6H2,1-3H3,(H,19,22)(H,23,24). The monoisotopic (exact) mass is 327 g/mol. The molecule has 24 heavy (non-hydrogen) atoms. The van der Waals surface area contributed by atoms with E-state index in [2.05, 4.69) is 16.5 Å². The highest BCUT2D eigenvalue weighted by Gasteiger charge is 2.28. The van der Waals surface area contributed by atoms with Crippen LogP contribution in [0.4, 0.5) is 0 Å². The number of fused-ring (bicyclic) bond motifs is 1. The molecule has 0 aliphatic heterocycles. The largest absolute Gasteiger partial charge is 0.480 e. The van der Waals surface area contributed by atoms with Crippen LogP contribution in [0.3, 0.4) is 0 Å². The van der Waals surface area contributed by atoms with Crippen LogP contribution in [0, 0.1) is 13.8 Å². The second-order valence-corrected chi connectivity index (χ2v) is 6.36. The number of nitrogens with one attached hydrogen (secondary N) is 1. The summed E-state index contributed by atoms with van der Waals surface area (Å²) < 4.78 is 1.84. The number of aliphatic carboxylic acids is 1. The van der Waals surface area contributed by atoms with Gasteiger partial charge in [-0.2, -0.15) is 5.10 Å². The maximum absolute atomic E-state index is 12.5. The molecule has 1 atom stereocenters. The molecule has 1 aromatic carbocycles. The Morgan fingerprint density at radius 1 is 1.29 bits per heavy atom. The zero-order valence-corrected chi connectivity index (χ0v) is 14.1. The second kappa shape index (κ2) is 6.11. The lowest BCUT2D eigenvalue weighted by Gasteiger charge is -2.10. The Morgan fingerprint density at radius 3 is 2.71 bits per heavy atom. The molecule has 0 fully saturated rings. The Kier molecular flexibility index (Phi) is 4.13. The van der Waals surface area contributed by atoms with Crippen LogP contribution in [0.5, 0.6) is 0 Å². The van der Waals surface area contributed by atoms with E-state index in [-0.39, 0.29) is 0 Å². The summed E-state index contributed by atoms with van der Waals surface area (Å²) in [5.41, 5.74) is 5.56. The Morgan fingerprint density at radius 2 is 2.04 bits per heavy atom. The van der Waals surface area contributed by atoms with Crippen molar-refractivity contribution in [1.82, 2.24) is 15.1 Å². The van der Waals surface area contributed by atoms with Crippen LogP contribution < -0.4 is 5.32 Å². The minimum atomic E-state index is -1.06. The predicted octanol–water partition coefficient (Wildman–Crippen LogP) is 2.18. The minimum Gasteiger partial charge on any atom is -0.480 e. The van der Waals surface area contributed by atoms with E-state index in [0.29, 0.717) is 5.69 Å². The van der Waals surface area contributed by atoms with Gasteiger partial charge in [0, 0.05) is 11.3 Å². The van der Waals surface area contributed by atoms with E-state index < -0.39 is 17.9 Å². The van der Waals surface area contributed by atoms with Gasteiger partial charge in [-0.1, -0.05) is 17.7 Å². The van der Waals surface area contributed by atoms with Crippen molar-refractivity contribution in [3.05, 3.63) is 46.3 Å². The number of hydrogen-bond donors (Lipinski definition) is 2. The molecule has 1 aromatic heterocycles. The highest BCUT2D eigenvalue weighted by molar-refractivity contribution is 5.96. The summed E-state index contributed by atoms with van der Waals surface area (Å²) in [5, 5.41) is 16.0. The molecule has 1 heterocycles. The van der Waals surface area contributed by atoms with Gasteiger partial charge in [0.05, 0.1) is 5.69 Å². The smallest absolute Gasteiger partial charge is 0.325 e. The van der Waals surface area contributed by atoms with Gasteiger partial charge in [-0.15, -0.1) is 0 Å². The molecule has 1 unspecified atom stereocenters. The van der Waals surface area contributed by atoms with Crippen LogP contribution in [0.25, 0.3) is 5.69 Å². The number of amides is 1. The fourth-order valence-electron chi connectivity index (χ4n) is 3.19. The summed E-state index contributed by atoms with van der Waals surface area (Å²) in [4.78, 5) is 23.4. The Bertz CT molecular complexity index is 823. The third kappa shape index (κ3) is 2.79. The van der Waals surface area contributed by atoms with E-state index in [1.807, 2.05) is 30.7 Å². The maximum Gasteiger partial charge on any atom is 0.325 e. The molecule has 0 saturated heterocycles. The van der Waals surface area contributed by atoms with Gasteiger partial charge in [-0.05, 0) is 51.7 Å². The minimum absolute atomic E-state index is 0.343. The first-order chi connectivity index (χ1) is 11.4. The number of aryl methyl sites for hydroxylation is 2. The van der Waals surface area contributed by atoms with Crippen LogP contribution >= 0.6 is 0 Å². The highest BCUT2D eigenvalue weighted by Crippen LogP contribution is 2.29. The van der Waals surface area contributed by atoms with Gasteiger partial charge in [0.1, 0.15) is 6.04 Å². The van der Waals surface area contributed by atoms with E-state index in [1.165, 1.54) is 12.5 Å². The first-order valence-electron chi connectivity index (χ1n) is 8.10. The lowest BCUT2D eigenvalue weighted by Crippen LogP contribution is -2.38. The van der Waals surface area contributed by atoms with E-state index in [4.69, 9.17) is 5.11 Å². The molecule has 0 spiro atoms. The third-order valence-electron chi connectivity index (χ3n) is 4.44. The fourth-order valence-corrected chi connectivity index (χ4v) is 3.19. The van der Waals surface area contributed by atoms with Crippen molar-refractivity contribution in [2.24, 2.45) is 0 Å². The number of aromatic nitrogens is 2. The maximum atomic E-state index is 12.5. The van der Waals surface area contributed by atoms with E-state index in [9.17, 15) is 9.59 Å². The van der Waals surface area contributed by atoms with E-state index >= 15 is 0 Å². The number of carbonyl (C=O) groups is 2. The Hall–Kier alpha value is -2.63. The van der Waals surface area contributed by atoms with Crippen molar-refractivity contribution in [1.29, 1.82) is 0 Å². The first-order valence-corrected chi connectivity index (χ1v) is 8.10. The normalized spacial score (nSPS) is 14.3. The van der Waals surface area contributed by atoms with Crippen molar-refractivity contribution in [2.75, 3.05) is 0 Å². The molecule has 0 bridgehead atoms. The molecule has 1 aliphatic carbocycles. The Balaban J connectivity index is 2.02. The predicted molar refractivity (Wildman–Crippen MR) is 89.6 cm³/mol. The van der Waals surface area contributed by atoms with E-state index in [0.717, 1.165) is 41.8 Å². The van der Waals surface area contributed by atoms with Crippen LogP contribution in [0.1, 0.15) is 46.2 Å². The SMILES string of the molecule is Cc1ccc(-n2nc(C(=O)NC(C)C(=O)O)c3c2CCC3)c(C)c1. The van der Waals surface area contributed by atoms with Gasteiger partial charge in [0.15, 0.2) is 5.69 Å². The first kappa shape index (κ1) is 16.2. The molecule has 3 rings (SSSR count). The average molecular weight is 327 g/mol. The topological polar surface area (TPSA) is 84.2 Å². The molecule has 2 aromatic rings. The average Bonchev–Trinajstić information content (AvgIpc) is 3.09. The molecule has 0 radical (unpaired) electrons. The van der Waals surface area contributed by atoms with Gasteiger partial charge < -0.3 is 10.4 Å². The van der Waals surface area contributed by atoms with Crippen LogP contribution in [-0.4, -0.2) is 32.8 Å². The van der Waals surface area contributed by atoms with Gasteiger partial charge in [-0.25, -0.2) is 4.68 Å². The molecule has 6 heteroatoms. The zero-order valence-electron chi connectivity index (χ0n) is 14.1. The third-order valence-corrected chi connectivity index (χ3v) is 4.44. The molecule has 126 valence electrons. The molecule has 1 aliphatic rings. The summed E-state index contributed by atoms with van der Waals surface area (Å²) in [6.07, 6.45) is 2.65. The van der Waals surface area contributed by atoms with Crippen molar-refractivity contribution < 1.29 is 14.7 Å². The highest BCUT2D eigenvalue weighted by atomic mass is 16.4. The molecule has 2 N–H and O–H groups in total. The summed E-state index contributed by atoms with van der Waals surface area (Å²) in [5.74, 6) is -1.49. The number of nitrogens with zero attached hydrogens (tertiary/aromatic N) is 2. The number of hydrogen-bond acceptors (Lipinski definition) is 3.